The van der Waals surface area contributed by atoms with E-state index in [1.807, 2.05) is 24.3 Å². The Balaban J connectivity index is 1.84. The second-order valence-electron chi connectivity index (χ2n) is 5.13. The summed E-state index contributed by atoms with van der Waals surface area (Å²) in [4.78, 5) is 9.23. The highest BCUT2D eigenvalue weighted by Crippen LogP contribution is 2.30. The molecule has 3 aromatic rings. The number of rotatable bonds is 3. The Kier molecular flexibility index (Phi) is 3.41. The zero-order valence-corrected chi connectivity index (χ0v) is 12.9. The first kappa shape index (κ1) is 13.2. The molecule has 6 heteroatoms. The van der Waals surface area contributed by atoms with Crippen molar-refractivity contribution in [3.63, 3.8) is 0 Å². The van der Waals surface area contributed by atoms with Crippen LogP contribution < -0.4 is 0 Å². The predicted molar refractivity (Wildman–Crippen MR) is 84.4 cm³/mol. The van der Waals surface area contributed by atoms with Crippen molar-refractivity contribution < 1.29 is 4.74 Å². The minimum atomic E-state index is 0.260. The lowest BCUT2D eigenvalue weighted by atomic mass is 10.2. The second-order valence-corrected chi connectivity index (χ2v) is 6.82. The lowest BCUT2D eigenvalue weighted by molar-refractivity contribution is 0.109. The monoisotopic (exact) mass is 319 g/mol. The molecule has 3 aromatic heterocycles. The minimum absolute atomic E-state index is 0.260. The third kappa shape index (κ3) is 2.46. The van der Waals surface area contributed by atoms with E-state index in [-0.39, 0.29) is 6.10 Å². The van der Waals surface area contributed by atoms with Gasteiger partial charge in [-0.1, -0.05) is 11.6 Å². The number of fused-ring (bicyclic) bond motifs is 1. The number of pyridine rings is 1. The van der Waals surface area contributed by atoms with E-state index in [0.717, 1.165) is 52.2 Å². The Labute approximate surface area is 131 Å². The van der Waals surface area contributed by atoms with Crippen LogP contribution in [-0.4, -0.2) is 27.2 Å². The largest absolute Gasteiger partial charge is 0.378 e. The van der Waals surface area contributed by atoms with Crippen molar-refractivity contribution in [3.05, 3.63) is 40.6 Å². The number of aromatic nitrogens is 3. The summed E-state index contributed by atoms with van der Waals surface area (Å²) in [7, 11) is 0. The third-order valence-corrected chi connectivity index (χ3v) is 4.92. The SMILES string of the molecule is Clc1ccc(-n2c(CC3CCCO3)nc3cccnc32)s1. The molecule has 4 nitrogen and oxygen atoms in total. The average Bonchev–Trinajstić information content (AvgIpc) is 3.18. The van der Waals surface area contributed by atoms with E-state index in [2.05, 4.69) is 9.55 Å². The van der Waals surface area contributed by atoms with Crippen LogP contribution in [0.3, 0.4) is 0 Å². The predicted octanol–water partition coefficient (Wildman–Crippen LogP) is 3.86. The first-order chi connectivity index (χ1) is 10.3. The van der Waals surface area contributed by atoms with Crippen LogP contribution in [0.15, 0.2) is 30.5 Å². The van der Waals surface area contributed by atoms with E-state index >= 15 is 0 Å². The summed E-state index contributed by atoms with van der Waals surface area (Å²) in [5.41, 5.74) is 1.79. The highest BCUT2D eigenvalue weighted by Gasteiger charge is 2.21. The Hall–Kier alpha value is -1.43. The molecule has 4 heterocycles. The van der Waals surface area contributed by atoms with Crippen LogP contribution in [0.1, 0.15) is 18.7 Å². The number of hydrogen-bond donors (Lipinski definition) is 0. The number of halogens is 1. The van der Waals surface area contributed by atoms with Gasteiger partial charge >= 0.3 is 0 Å². The highest BCUT2D eigenvalue weighted by molar-refractivity contribution is 7.18. The molecule has 1 fully saturated rings. The van der Waals surface area contributed by atoms with Gasteiger partial charge in [0.1, 0.15) is 16.3 Å². The molecule has 1 unspecified atom stereocenters. The molecule has 1 saturated heterocycles. The van der Waals surface area contributed by atoms with Gasteiger partial charge in [-0.05, 0) is 37.1 Å². The fourth-order valence-electron chi connectivity index (χ4n) is 2.76. The average molecular weight is 320 g/mol. The molecule has 4 rings (SSSR count). The number of nitrogens with zero attached hydrogens (tertiary/aromatic N) is 3. The van der Waals surface area contributed by atoms with E-state index in [0.29, 0.717) is 0 Å². The van der Waals surface area contributed by atoms with Crippen molar-refractivity contribution in [1.82, 2.24) is 14.5 Å². The van der Waals surface area contributed by atoms with E-state index in [9.17, 15) is 0 Å². The number of imidazole rings is 1. The zero-order valence-electron chi connectivity index (χ0n) is 11.3. The van der Waals surface area contributed by atoms with Crippen molar-refractivity contribution >= 4 is 34.1 Å². The molecule has 0 saturated carbocycles. The molecule has 0 aromatic carbocycles. The van der Waals surface area contributed by atoms with Crippen molar-refractivity contribution in [2.75, 3.05) is 6.61 Å². The minimum Gasteiger partial charge on any atom is -0.378 e. The lowest BCUT2D eigenvalue weighted by Gasteiger charge is -2.10. The third-order valence-electron chi connectivity index (χ3n) is 3.70. The van der Waals surface area contributed by atoms with Crippen LogP contribution in [0.25, 0.3) is 16.2 Å². The molecular formula is C15H14ClN3OS. The van der Waals surface area contributed by atoms with Crippen LogP contribution in [0.4, 0.5) is 0 Å². The molecule has 1 aliphatic heterocycles. The van der Waals surface area contributed by atoms with Gasteiger partial charge < -0.3 is 4.74 Å². The van der Waals surface area contributed by atoms with E-state index in [1.165, 1.54) is 11.3 Å². The summed E-state index contributed by atoms with van der Waals surface area (Å²) in [6.07, 6.45) is 5.10. The van der Waals surface area contributed by atoms with Crippen molar-refractivity contribution in [2.24, 2.45) is 0 Å². The van der Waals surface area contributed by atoms with Crippen molar-refractivity contribution in [1.29, 1.82) is 0 Å². The maximum atomic E-state index is 6.09. The quantitative estimate of drug-likeness (QED) is 0.736. The summed E-state index contributed by atoms with van der Waals surface area (Å²) in [6.45, 7) is 0.855. The molecule has 0 bridgehead atoms. The van der Waals surface area contributed by atoms with Gasteiger partial charge in [0.05, 0.1) is 10.4 Å². The van der Waals surface area contributed by atoms with Gasteiger partial charge in [0.15, 0.2) is 5.65 Å². The number of ether oxygens (including phenoxy) is 1. The van der Waals surface area contributed by atoms with Gasteiger partial charge in [0, 0.05) is 19.2 Å². The van der Waals surface area contributed by atoms with Crippen molar-refractivity contribution in [2.45, 2.75) is 25.4 Å². The summed E-state index contributed by atoms with van der Waals surface area (Å²) < 4.78 is 8.63. The van der Waals surface area contributed by atoms with E-state index < -0.39 is 0 Å². The molecule has 21 heavy (non-hydrogen) atoms. The van der Waals surface area contributed by atoms with Crippen LogP contribution in [0.2, 0.25) is 4.34 Å². The Morgan fingerprint density at radius 2 is 2.33 bits per heavy atom. The van der Waals surface area contributed by atoms with Crippen LogP contribution in [0, 0.1) is 0 Å². The van der Waals surface area contributed by atoms with Gasteiger partial charge in [0.2, 0.25) is 0 Å². The Bertz CT molecular complexity index is 776. The highest BCUT2D eigenvalue weighted by atomic mass is 35.5. The molecule has 0 spiro atoms. The number of hydrogen-bond acceptors (Lipinski definition) is 4. The molecule has 0 radical (unpaired) electrons. The topological polar surface area (TPSA) is 39.9 Å². The lowest BCUT2D eigenvalue weighted by Crippen LogP contribution is -2.13. The summed E-state index contributed by atoms with van der Waals surface area (Å²) in [5.74, 6) is 0.995. The smallest absolute Gasteiger partial charge is 0.165 e. The van der Waals surface area contributed by atoms with Crippen LogP contribution in [0.5, 0.6) is 0 Å². The first-order valence-electron chi connectivity index (χ1n) is 7.01. The second kappa shape index (κ2) is 5.40. The van der Waals surface area contributed by atoms with E-state index in [1.54, 1.807) is 6.20 Å². The van der Waals surface area contributed by atoms with Gasteiger partial charge in [0.25, 0.3) is 0 Å². The normalized spacial score (nSPS) is 18.6. The van der Waals surface area contributed by atoms with Gasteiger partial charge in [-0.3, -0.25) is 4.57 Å². The first-order valence-corrected chi connectivity index (χ1v) is 8.20. The molecule has 1 aliphatic rings. The molecule has 0 N–H and O–H groups in total. The fraction of sp³-hybridized carbons (Fsp3) is 0.333. The van der Waals surface area contributed by atoms with Gasteiger partial charge in [-0.15, -0.1) is 11.3 Å². The van der Waals surface area contributed by atoms with Gasteiger partial charge in [-0.2, -0.15) is 0 Å². The summed E-state index contributed by atoms with van der Waals surface area (Å²) in [5, 5.41) is 1.05. The molecule has 108 valence electrons. The summed E-state index contributed by atoms with van der Waals surface area (Å²) in [6, 6.07) is 7.83. The Morgan fingerprint density at radius 3 is 3.10 bits per heavy atom. The molecular weight excluding hydrogens is 306 g/mol. The fourth-order valence-corrected chi connectivity index (χ4v) is 3.82. The van der Waals surface area contributed by atoms with Crippen LogP contribution >= 0.6 is 22.9 Å². The zero-order chi connectivity index (χ0) is 14.2. The maximum Gasteiger partial charge on any atom is 0.165 e. The summed E-state index contributed by atoms with van der Waals surface area (Å²) >= 11 is 7.63. The van der Waals surface area contributed by atoms with Crippen LogP contribution in [-0.2, 0) is 11.2 Å². The molecule has 0 aliphatic carbocycles. The number of thiophene rings is 1. The van der Waals surface area contributed by atoms with Gasteiger partial charge in [-0.25, -0.2) is 9.97 Å². The molecule has 0 amide bonds. The van der Waals surface area contributed by atoms with E-state index in [4.69, 9.17) is 21.3 Å². The Morgan fingerprint density at radius 1 is 1.38 bits per heavy atom. The van der Waals surface area contributed by atoms with Crippen molar-refractivity contribution in [3.8, 4) is 5.00 Å². The maximum absolute atomic E-state index is 6.09. The standard InChI is InChI=1S/C15H14ClN3OS/c16-12-5-6-14(21-12)19-13(9-10-3-2-8-20-10)18-11-4-1-7-17-15(11)19/h1,4-7,10H,2-3,8-9H2. The molecule has 1 atom stereocenters.